The number of benzene rings is 2. The third-order valence-corrected chi connectivity index (χ3v) is 5.01. The summed E-state index contributed by atoms with van der Waals surface area (Å²) in [4.78, 5) is 14.9. The van der Waals surface area contributed by atoms with Crippen LogP contribution in [0.2, 0.25) is 0 Å². The van der Waals surface area contributed by atoms with Crippen LogP contribution in [0.4, 0.5) is 0 Å². The largest absolute Gasteiger partial charge is 0.481 e. The monoisotopic (exact) mass is 414 g/mol. The molecule has 2 rings (SSSR count). The van der Waals surface area contributed by atoms with Gasteiger partial charge in [0.15, 0.2) is 0 Å². The average molecular weight is 415 g/mol. The van der Waals surface area contributed by atoms with E-state index in [1.807, 2.05) is 31.2 Å². The van der Waals surface area contributed by atoms with E-state index in [9.17, 15) is 4.79 Å². The van der Waals surface area contributed by atoms with Crippen molar-refractivity contribution in [3.8, 4) is 0 Å². The lowest BCUT2D eigenvalue weighted by Gasteiger charge is -2.11. The van der Waals surface area contributed by atoms with Crippen molar-refractivity contribution in [2.75, 3.05) is 6.61 Å². The van der Waals surface area contributed by atoms with Gasteiger partial charge in [0.2, 0.25) is 0 Å². The molecular formula is C26H38O4. The molecule has 0 bridgehead atoms. The molecule has 30 heavy (non-hydrogen) atoms. The Morgan fingerprint density at radius 2 is 1.17 bits per heavy atom. The molecule has 4 nitrogen and oxygen atoms in total. The number of hydrogen-bond acceptors (Lipinski definition) is 3. The summed E-state index contributed by atoms with van der Waals surface area (Å²) in [6, 6.07) is 16.4. The van der Waals surface area contributed by atoms with Crippen LogP contribution in [-0.4, -0.2) is 22.9 Å². The second kappa shape index (κ2) is 13.2. The van der Waals surface area contributed by atoms with Crippen LogP contribution in [0, 0.1) is 11.8 Å². The fourth-order valence-corrected chi connectivity index (χ4v) is 3.22. The zero-order valence-corrected chi connectivity index (χ0v) is 19.3. The molecule has 0 unspecified atom stereocenters. The van der Waals surface area contributed by atoms with Crippen molar-refractivity contribution < 1.29 is 20.0 Å². The zero-order valence-electron chi connectivity index (χ0n) is 19.3. The first kappa shape index (κ1) is 25.9. The maximum absolute atomic E-state index is 10.8. The second-order valence-electron chi connectivity index (χ2n) is 8.94. The van der Waals surface area contributed by atoms with Gasteiger partial charge in [-0.2, -0.15) is 0 Å². The first-order chi connectivity index (χ1) is 14.1. The summed E-state index contributed by atoms with van der Waals surface area (Å²) in [6.07, 6.45) is 2.16. The van der Waals surface area contributed by atoms with E-state index in [0.717, 1.165) is 18.4 Å². The van der Waals surface area contributed by atoms with Crippen molar-refractivity contribution in [3.05, 3.63) is 70.8 Å². The molecule has 0 amide bonds. The van der Waals surface area contributed by atoms with Crippen molar-refractivity contribution >= 4 is 5.97 Å². The van der Waals surface area contributed by atoms with E-state index in [1.165, 1.54) is 16.7 Å². The zero-order chi connectivity index (χ0) is 22.7. The Morgan fingerprint density at radius 3 is 1.50 bits per heavy atom. The molecule has 2 N–H and O–H groups in total. The predicted molar refractivity (Wildman–Crippen MR) is 123 cm³/mol. The minimum Gasteiger partial charge on any atom is -0.481 e. The van der Waals surface area contributed by atoms with Crippen LogP contribution in [0.3, 0.4) is 0 Å². The van der Waals surface area contributed by atoms with Crippen molar-refractivity contribution in [2.24, 2.45) is 11.8 Å². The molecule has 0 aliphatic heterocycles. The molecule has 0 fully saturated rings. The summed E-state index contributed by atoms with van der Waals surface area (Å²) in [5.41, 5.74) is 4.71. The Morgan fingerprint density at radius 1 is 0.767 bits per heavy atom. The Balaban J connectivity index is 0.000000300. The smallest absolute Gasteiger partial charge is 0.310 e. The molecule has 166 valence electrons. The van der Waals surface area contributed by atoms with Crippen molar-refractivity contribution in [1.29, 1.82) is 0 Å². The molecular weight excluding hydrogens is 376 g/mol. The van der Waals surface area contributed by atoms with Crippen molar-refractivity contribution in [3.63, 3.8) is 0 Å². The molecule has 2 atom stereocenters. The quantitative estimate of drug-likeness (QED) is 0.360. The van der Waals surface area contributed by atoms with Crippen molar-refractivity contribution in [1.82, 2.24) is 0 Å². The number of carbonyl (C=O) groups is 1. The summed E-state index contributed by atoms with van der Waals surface area (Å²) >= 11 is 0. The molecule has 0 aliphatic rings. The molecule has 0 aromatic heterocycles. The van der Waals surface area contributed by atoms with E-state index in [0.29, 0.717) is 18.4 Å². The number of carboxylic acids is 1. The maximum Gasteiger partial charge on any atom is 0.310 e. The van der Waals surface area contributed by atoms with Crippen LogP contribution in [0.1, 0.15) is 75.6 Å². The first-order valence-electron chi connectivity index (χ1n) is 10.8. The van der Waals surface area contributed by atoms with Crippen LogP contribution in [0.5, 0.6) is 0 Å². The maximum atomic E-state index is 10.8. The molecule has 0 radical (unpaired) electrons. The number of carboxylic acid groups (broad SMARTS) is 1. The molecule has 0 saturated heterocycles. The van der Waals surface area contributed by atoms with Gasteiger partial charge in [-0.15, -0.1) is 0 Å². The topological polar surface area (TPSA) is 66.8 Å². The minimum absolute atomic E-state index is 0.239. The molecule has 0 heterocycles. The number of hydrogen-bond donors (Lipinski definition) is 2. The molecule has 2 aromatic carbocycles. The van der Waals surface area contributed by atoms with Gasteiger partial charge in [-0.3, -0.25) is 10.1 Å². The highest BCUT2D eigenvalue weighted by atomic mass is 17.1. The SMILES string of the molecule is CC(C)Cc1ccc([C@@H](C)C(=O)O)cc1.CC(C)Cc1ccc([C@H](C)COO)cc1. The molecule has 0 aliphatic carbocycles. The predicted octanol–water partition coefficient (Wildman–Crippen LogP) is 6.55. The van der Waals surface area contributed by atoms with Gasteiger partial charge in [0, 0.05) is 5.92 Å². The first-order valence-corrected chi connectivity index (χ1v) is 10.8. The number of rotatable bonds is 9. The van der Waals surface area contributed by atoms with Crippen LogP contribution in [-0.2, 0) is 22.5 Å². The van der Waals surface area contributed by atoms with Gasteiger partial charge >= 0.3 is 5.97 Å². The lowest BCUT2D eigenvalue weighted by atomic mass is 9.97. The van der Waals surface area contributed by atoms with E-state index in [-0.39, 0.29) is 5.92 Å². The van der Waals surface area contributed by atoms with Crippen LogP contribution in [0.25, 0.3) is 0 Å². The fraction of sp³-hybridized carbons (Fsp3) is 0.500. The Hall–Kier alpha value is -2.17. The summed E-state index contributed by atoms with van der Waals surface area (Å²) in [6.45, 7) is 12.9. The highest BCUT2D eigenvalue weighted by molar-refractivity contribution is 5.75. The van der Waals surface area contributed by atoms with Gasteiger partial charge < -0.3 is 5.11 Å². The van der Waals surface area contributed by atoms with Gasteiger partial charge in [-0.05, 0) is 53.9 Å². The lowest BCUT2D eigenvalue weighted by molar-refractivity contribution is -0.245. The van der Waals surface area contributed by atoms with E-state index in [4.69, 9.17) is 10.4 Å². The standard InChI is InChI=1S/C13H20O2.C13H18O2/c1-10(2)8-12-4-6-13(7-5-12)11(3)9-15-14;1-9(2)8-11-4-6-12(7-5-11)10(3)13(14)15/h4-7,10-11,14H,8-9H2,1-3H3;4-7,9-10H,8H2,1-3H3,(H,14,15)/t11-;10-/m11/s1. The molecule has 4 heteroatoms. The van der Waals surface area contributed by atoms with E-state index >= 15 is 0 Å². The highest BCUT2D eigenvalue weighted by Gasteiger charge is 2.13. The fourth-order valence-electron chi connectivity index (χ4n) is 3.22. The van der Waals surface area contributed by atoms with Gasteiger partial charge in [-0.1, -0.05) is 83.1 Å². The van der Waals surface area contributed by atoms with Crippen molar-refractivity contribution in [2.45, 2.75) is 66.2 Å². The Kier molecular flexibility index (Phi) is 11.4. The third kappa shape index (κ3) is 9.55. The van der Waals surface area contributed by atoms with Crippen LogP contribution >= 0.6 is 0 Å². The van der Waals surface area contributed by atoms with E-state index in [2.05, 4.69) is 56.8 Å². The summed E-state index contributed by atoms with van der Waals surface area (Å²) in [7, 11) is 0. The van der Waals surface area contributed by atoms with Crippen LogP contribution < -0.4 is 0 Å². The molecule has 0 spiro atoms. The normalized spacial score (nSPS) is 13.0. The van der Waals surface area contributed by atoms with Gasteiger partial charge in [0.05, 0.1) is 12.5 Å². The highest BCUT2D eigenvalue weighted by Crippen LogP contribution is 2.18. The summed E-state index contributed by atoms with van der Waals surface area (Å²) < 4.78 is 0. The third-order valence-electron chi connectivity index (χ3n) is 5.01. The summed E-state index contributed by atoms with van der Waals surface area (Å²) in [5, 5.41) is 17.2. The Labute approximate surface area is 181 Å². The van der Waals surface area contributed by atoms with Gasteiger partial charge in [-0.25, -0.2) is 4.89 Å². The van der Waals surface area contributed by atoms with E-state index < -0.39 is 11.9 Å². The van der Waals surface area contributed by atoms with Crippen LogP contribution in [0.15, 0.2) is 48.5 Å². The molecule has 2 aromatic rings. The minimum atomic E-state index is -0.772. The molecule has 0 saturated carbocycles. The van der Waals surface area contributed by atoms with Gasteiger partial charge in [0.25, 0.3) is 0 Å². The summed E-state index contributed by atoms with van der Waals surface area (Å²) in [5.74, 6) is 0.370. The average Bonchev–Trinajstić information content (AvgIpc) is 2.68. The Bertz CT molecular complexity index is 733. The van der Waals surface area contributed by atoms with Gasteiger partial charge in [0.1, 0.15) is 0 Å². The number of aliphatic carboxylic acids is 1. The second-order valence-corrected chi connectivity index (χ2v) is 8.94. The van der Waals surface area contributed by atoms with E-state index in [1.54, 1.807) is 6.92 Å². The lowest BCUT2D eigenvalue weighted by Crippen LogP contribution is -2.07.